The van der Waals surface area contributed by atoms with Gasteiger partial charge in [0, 0.05) is 30.6 Å². The topological polar surface area (TPSA) is 354 Å². The summed E-state index contributed by atoms with van der Waals surface area (Å²) in [6.45, 7) is 6.44. The highest BCUT2D eigenvalue weighted by atomic mass is 33.1. The Morgan fingerprint density at radius 2 is 1.62 bits per heavy atom. The van der Waals surface area contributed by atoms with E-state index in [9.17, 15) is 42.7 Å². The molecule has 1 aliphatic rings. The Hall–Kier alpha value is -2.31. The predicted molar refractivity (Wildman–Crippen MR) is 214 cm³/mol. The van der Waals surface area contributed by atoms with Crippen molar-refractivity contribution >= 4 is 57.2 Å². The van der Waals surface area contributed by atoms with Gasteiger partial charge in [-0.05, 0) is 46.0 Å². The first kappa shape index (κ1) is 53.8. The second-order valence-electron chi connectivity index (χ2n) is 12.7. The molecule has 1 aromatic heterocycles. The zero-order chi connectivity index (χ0) is 44.7. The van der Waals surface area contributed by atoms with Gasteiger partial charge in [-0.1, -0.05) is 33.4 Å². The van der Waals surface area contributed by atoms with Gasteiger partial charge in [0.1, 0.15) is 17.7 Å². The van der Waals surface area contributed by atoms with Crippen LogP contribution in [0.5, 0.6) is 0 Å². The molecular weight excluding hydrogens is 907 g/mol. The molecule has 60 heavy (non-hydrogen) atoms. The van der Waals surface area contributed by atoms with Crippen molar-refractivity contribution in [3.05, 3.63) is 32.6 Å². The molecule has 0 spiro atoms. The number of alkyl carbamates (subject to hydrolysis) is 2. The van der Waals surface area contributed by atoms with Gasteiger partial charge in [-0.3, -0.25) is 18.9 Å². The summed E-state index contributed by atoms with van der Waals surface area (Å²) in [4.78, 5) is 86.8. The normalized spacial score (nSPS) is 17.5. The van der Waals surface area contributed by atoms with Crippen molar-refractivity contribution in [2.75, 3.05) is 78.4 Å². The molecule has 344 valence electrons. The fourth-order valence-corrected chi connectivity index (χ4v) is 9.77. The average Bonchev–Trinajstić information content (AvgIpc) is 3.61. The van der Waals surface area contributed by atoms with Crippen LogP contribution in [0.15, 0.2) is 15.8 Å². The van der Waals surface area contributed by atoms with Crippen LogP contribution in [-0.4, -0.2) is 131 Å². The average molecular weight is 960 g/mol. The number of hydrogen-bond acceptors (Lipinski definition) is 19. The first-order valence-corrected chi connectivity index (χ1v) is 24.9. The Kier molecular flexibility index (Phi) is 24.8. The number of amides is 2. The van der Waals surface area contributed by atoms with E-state index in [2.05, 4.69) is 40.6 Å². The van der Waals surface area contributed by atoms with Crippen LogP contribution in [0.2, 0.25) is 0 Å². The molecule has 25 nitrogen and oxygen atoms in total. The van der Waals surface area contributed by atoms with Gasteiger partial charge < -0.3 is 64.4 Å². The molecule has 30 heteroatoms. The first-order chi connectivity index (χ1) is 28.2. The molecule has 2 unspecified atom stereocenters. The van der Waals surface area contributed by atoms with E-state index in [1.54, 1.807) is 10.8 Å². The minimum Gasteiger partial charge on any atom is -0.450 e. The van der Waals surface area contributed by atoms with Gasteiger partial charge in [-0.2, -0.15) is 8.62 Å². The van der Waals surface area contributed by atoms with Crippen molar-refractivity contribution in [2.45, 2.75) is 63.0 Å². The maximum absolute atomic E-state index is 12.5. The van der Waals surface area contributed by atoms with E-state index in [-0.39, 0.29) is 42.9 Å². The summed E-state index contributed by atoms with van der Waals surface area (Å²) in [5.41, 5.74) is 3.49. The van der Waals surface area contributed by atoms with E-state index in [1.807, 2.05) is 13.8 Å². The van der Waals surface area contributed by atoms with Crippen LogP contribution in [-0.2, 0) is 55.3 Å². The molecular formula is C30H52N5O20P3S2. The summed E-state index contributed by atoms with van der Waals surface area (Å²) in [5.74, 6) is 5.54. The first-order valence-electron chi connectivity index (χ1n) is 18.0. The molecule has 2 rings (SSSR count). The summed E-state index contributed by atoms with van der Waals surface area (Å²) in [7, 11) is -13.5. The minimum absolute atomic E-state index is 0.122. The lowest BCUT2D eigenvalue weighted by Crippen LogP contribution is -2.34. The second kappa shape index (κ2) is 27.7. The third kappa shape index (κ3) is 25.0. The summed E-state index contributed by atoms with van der Waals surface area (Å²) in [5, 5.41) is 5.04. The molecule has 1 aliphatic heterocycles. The highest BCUT2D eigenvalue weighted by molar-refractivity contribution is 8.77. The zero-order valence-corrected chi connectivity index (χ0v) is 37.1. The third-order valence-corrected chi connectivity index (χ3v) is 14.0. The van der Waals surface area contributed by atoms with Crippen molar-refractivity contribution in [2.24, 2.45) is 5.73 Å². The van der Waals surface area contributed by atoms with Crippen LogP contribution in [0.3, 0.4) is 0 Å². The van der Waals surface area contributed by atoms with Crippen LogP contribution in [0.4, 0.5) is 9.59 Å². The summed E-state index contributed by atoms with van der Waals surface area (Å²) in [6.07, 6.45) is -0.0119. The maximum Gasteiger partial charge on any atom is 0.490 e. The van der Waals surface area contributed by atoms with E-state index in [0.717, 1.165) is 10.8 Å². The molecule has 0 aliphatic carbocycles. The number of carbonyl (C=O) groups is 2. The van der Waals surface area contributed by atoms with Crippen molar-refractivity contribution in [1.82, 2.24) is 20.2 Å². The van der Waals surface area contributed by atoms with Gasteiger partial charge in [0.25, 0.3) is 5.56 Å². The smallest absolute Gasteiger partial charge is 0.450 e. The van der Waals surface area contributed by atoms with E-state index in [1.165, 1.54) is 10.8 Å². The third-order valence-electron chi connectivity index (χ3n) is 7.17. The molecule has 1 saturated heterocycles. The SMILES string of the molecule is CC(C)(CCOC(=O)NCCOCCOCCN)SSCOCCCCOC(=O)NCC#Cc1cn([C@@H]2CC[C@@H](COP(=O)(O)OP(=O)(O)OP(=O)(O)O)O2)c(=O)[nH]c1=O. The van der Waals surface area contributed by atoms with Crippen molar-refractivity contribution in [3.63, 3.8) is 0 Å². The summed E-state index contributed by atoms with van der Waals surface area (Å²) in [6, 6.07) is 0. The number of hydrogen-bond donors (Lipinski definition) is 8. The number of carbonyl (C=O) groups excluding carboxylic acids is 2. The van der Waals surface area contributed by atoms with Crippen LogP contribution in [0.25, 0.3) is 0 Å². The predicted octanol–water partition coefficient (Wildman–Crippen LogP) is 1.66. The number of H-pyrrole nitrogens is 1. The number of nitrogens with one attached hydrogen (secondary N) is 3. The van der Waals surface area contributed by atoms with Crippen LogP contribution < -0.4 is 27.6 Å². The van der Waals surface area contributed by atoms with E-state index >= 15 is 0 Å². The quantitative estimate of drug-likeness (QED) is 0.0186. The molecule has 0 saturated carbocycles. The molecule has 0 bridgehead atoms. The summed E-state index contributed by atoms with van der Waals surface area (Å²) >= 11 is 0. The van der Waals surface area contributed by atoms with Gasteiger partial charge >= 0.3 is 41.3 Å². The Morgan fingerprint density at radius 1 is 0.933 bits per heavy atom. The van der Waals surface area contributed by atoms with Gasteiger partial charge in [-0.25, -0.2) is 28.1 Å². The lowest BCUT2D eigenvalue weighted by Gasteiger charge is -2.22. The molecule has 4 atom stereocenters. The highest BCUT2D eigenvalue weighted by Crippen LogP contribution is 2.66. The monoisotopic (exact) mass is 959 g/mol. The molecule has 0 radical (unpaired) electrons. The number of phosphoric ester groups is 1. The van der Waals surface area contributed by atoms with Gasteiger partial charge in [0.15, 0.2) is 0 Å². The van der Waals surface area contributed by atoms with E-state index < -0.39 is 65.8 Å². The largest absolute Gasteiger partial charge is 0.490 e. The molecule has 0 aromatic carbocycles. The minimum atomic E-state index is -5.70. The molecule has 9 N–H and O–H groups in total. The van der Waals surface area contributed by atoms with Crippen molar-refractivity contribution < 1.29 is 84.4 Å². The Balaban J connectivity index is 1.59. The maximum atomic E-state index is 12.5. The second-order valence-corrected chi connectivity index (χ2v) is 20.1. The van der Waals surface area contributed by atoms with Gasteiger partial charge in [0.05, 0.1) is 58.9 Å². The molecule has 1 fully saturated rings. The number of aromatic amines is 1. The lowest BCUT2D eigenvalue weighted by atomic mass is 10.1. The van der Waals surface area contributed by atoms with Crippen LogP contribution >= 0.6 is 45.1 Å². The number of phosphoric acid groups is 3. The lowest BCUT2D eigenvalue weighted by molar-refractivity contribution is -0.0243. The number of nitrogens with zero attached hydrogens (tertiary/aromatic N) is 1. The Labute approximate surface area is 352 Å². The van der Waals surface area contributed by atoms with Crippen LogP contribution in [0.1, 0.15) is 57.7 Å². The fourth-order valence-electron chi connectivity index (χ4n) is 4.45. The Bertz CT molecular complexity index is 1820. The molecule has 2 amide bonds. The van der Waals surface area contributed by atoms with Crippen molar-refractivity contribution in [1.29, 1.82) is 0 Å². The standard InChI is InChI=1S/C30H52N5O20P3S2/c1-30(2,9-15-51-29(39)33-12-17-48-19-18-47-16-10-31)60-59-22-49-13-3-4-14-50-28(38)32-11-5-6-23-20-35(27(37)34-26(23)36)25-8-7-24(53-25)21-52-57(43,44)55-58(45,46)54-56(40,41)42/h20,24-25H,3-4,7-19,21-22,31H2,1-2H3,(H,32,38)(H,33,39)(H,43,44)(H,45,46)(H,34,36,37)(H2,40,41,42)/t24-,25-/m0/s1. The Morgan fingerprint density at radius 3 is 2.33 bits per heavy atom. The summed E-state index contributed by atoms with van der Waals surface area (Å²) < 4.78 is 79.0. The molecule has 1 aromatic rings. The van der Waals surface area contributed by atoms with E-state index in [4.69, 9.17) is 43.9 Å². The number of ether oxygens (including phenoxy) is 6. The van der Waals surface area contributed by atoms with Gasteiger partial charge in [-0.15, -0.1) is 0 Å². The van der Waals surface area contributed by atoms with Crippen molar-refractivity contribution in [3.8, 4) is 11.8 Å². The van der Waals surface area contributed by atoms with Crippen LogP contribution in [0, 0.1) is 11.8 Å². The number of unbranched alkanes of at least 4 members (excludes halogenated alkanes) is 1. The zero-order valence-electron chi connectivity index (χ0n) is 32.8. The fraction of sp³-hybridized carbons (Fsp3) is 0.733. The van der Waals surface area contributed by atoms with Gasteiger partial charge in [0.2, 0.25) is 0 Å². The van der Waals surface area contributed by atoms with E-state index in [0.29, 0.717) is 71.3 Å². The molecule has 2 heterocycles. The number of aromatic nitrogens is 2. The highest BCUT2D eigenvalue weighted by Gasteiger charge is 2.41. The number of nitrogens with two attached hydrogens (primary N) is 1. The number of rotatable bonds is 29.